The zero-order chi connectivity index (χ0) is 13.8. The Balaban J connectivity index is 2.21. The summed E-state index contributed by atoms with van der Waals surface area (Å²) in [6.45, 7) is 4.32. The van der Waals surface area contributed by atoms with Crippen molar-refractivity contribution >= 4 is 11.8 Å². The molecule has 0 radical (unpaired) electrons. The molecule has 1 heterocycles. The average molecular weight is 265 g/mol. The second-order valence-electron chi connectivity index (χ2n) is 4.50. The molecule has 1 aliphatic rings. The molecule has 0 aliphatic heterocycles. The van der Waals surface area contributed by atoms with Gasteiger partial charge < -0.3 is 14.4 Å². The second kappa shape index (κ2) is 5.86. The Hall–Kier alpha value is -1.85. The van der Waals surface area contributed by atoms with E-state index in [0.717, 1.165) is 24.2 Å². The van der Waals surface area contributed by atoms with E-state index in [1.165, 1.54) is 6.33 Å². The number of nitrogens with zero attached hydrogens (tertiary/aromatic N) is 3. The maximum Gasteiger partial charge on any atom is 0.325 e. The van der Waals surface area contributed by atoms with Gasteiger partial charge in [-0.2, -0.15) is 0 Å². The minimum absolute atomic E-state index is 0.222. The van der Waals surface area contributed by atoms with Crippen molar-refractivity contribution in [1.82, 2.24) is 9.97 Å². The Labute approximate surface area is 112 Å². The minimum atomic E-state index is -0.230. The lowest BCUT2D eigenvalue weighted by Crippen LogP contribution is -2.34. The third-order valence-electron chi connectivity index (χ3n) is 3.07. The topological polar surface area (TPSA) is 64.5 Å². The Morgan fingerprint density at radius 2 is 2.21 bits per heavy atom. The molecule has 0 amide bonds. The van der Waals surface area contributed by atoms with Gasteiger partial charge in [-0.3, -0.25) is 4.79 Å². The zero-order valence-electron chi connectivity index (χ0n) is 11.5. The zero-order valence-corrected chi connectivity index (χ0v) is 11.5. The van der Waals surface area contributed by atoms with E-state index in [2.05, 4.69) is 9.97 Å². The molecule has 0 N–H and O–H groups in total. The molecule has 0 bridgehead atoms. The van der Waals surface area contributed by atoms with Gasteiger partial charge in [-0.25, -0.2) is 9.97 Å². The summed E-state index contributed by atoms with van der Waals surface area (Å²) in [5.41, 5.74) is 0.848. The van der Waals surface area contributed by atoms with Gasteiger partial charge in [0.1, 0.15) is 18.7 Å². The van der Waals surface area contributed by atoms with Gasteiger partial charge in [0.15, 0.2) is 0 Å². The molecule has 6 heteroatoms. The quantitative estimate of drug-likeness (QED) is 0.723. The maximum absolute atomic E-state index is 11.7. The van der Waals surface area contributed by atoms with E-state index in [4.69, 9.17) is 9.47 Å². The number of carbonyl (C=O) groups excluding carboxylic acids is 1. The Morgan fingerprint density at radius 1 is 1.47 bits per heavy atom. The molecule has 6 nitrogen and oxygen atoms in total. The smallest absolute Gasteiger partial charge is 0.325 e. The van der Waals surface area contributed by atoms with Gasteiger partial charge in [0.2, 0.25) is 5.88 Å². The maximum atomic E-state index is 11.7. The molecule has 1 aliphatic carbocycles. The van der Waals surface area contributed by atoms with Crippen LogP contribution in [0.5, 0.6) is 5.88 Å². The van der Waals surface area contributed by atoms with Gasteiger partial charge in [-0.05, 0) is 26.7 Å². The molecule has 19 heavy (non-hydrogen) atoms. The Bertz CT molecular complexity index is 460. The van der Waals surface area contributed by atoms with Gasteiger partial charge in [0, 0.05) is 6.04 Å². The lowest BCUT2D eigenvalue weighted by Gasteiger charge is -2.24. The van der Waals surface area contributed by atoms with Crippen LogP contribution in [0.25, 0.3) is 0 Å². The third kappa shape index (κ3) is 3.13. The fourth-order valence-corrected chi connectivity index (χ4v) is 2.03. The van der Waals surface area contributed by atoms with Crippen LogP contribution in [0, 0.1) is 6.92 Å². The lowest BCUT2D eigenvalue weighted by molar-refractivity contribution is -0.141. The van der Waals surface area contributed by atoms with Crippen LogP contribution < -0.4 is 9.64 Å². The third-order valence-corrected chi connectivity index (χ3v) is 3.07. The first-order valence-electron chi connectivity index (χ1n) is 6.45. The van der Waals surface area contributed by atoms with E-state index in [0.29, 0.717) is 18.5 Å². The molecular formula is C13H19N3O3. The van der Waals surface area contributed by atoms with Crippen molar-refractivity contribution in [1.29, 1.82) is 0 Å². The van der Waals surface area contributed by atoms with Crippen LogP contribution in [0.15, 0.2) is 6.33 Å². The molecule has 0 saturated heterocycles. The van der Waals surface area contributed by atoms with E-state index in [-0.39, 0.29) is 12.5 Å². The highest BCUT2D eigenvalue weighted by Crippen LogP contribution is 2.33. The number of aromatic nitrogens is 2. The van der Waals surface area contributed by atoms with Gasteiger partial charge in [-0.15, -0.1) is 0 Å². The van der Waals surface area contributed by atoms with Crippen molar-refractivity contribution in [3.8, 4) is 5.88 Å². The van der Waals surface area contributed by atoms with Gasteiger partial charge in [0.25, 0.3) is 0 Å². The van der Waals surface area contributed by atoms with Gasteiger partial charge >= 0.3 is 5.97 Å². The fourth-order valence-electron chi connectivity index (χ4n) is 2.03. The molecule has 2 rings (SSSR count). The Morgan fingerprint density at radius 3 is 2.79 bits per heavy atom. The number of ether oxygens (including phenoxy) is 2. The monoisotopic (exact) mass is 265 g/mol. The summed E-state index contributed by atoms with van der Waals surface area (Å²) in [6.07, 6.45) is 3.61. The number of methoxy groups -OCH3 is 1. The number of carbonyl (C=O) groups is 1. The minimum Gasteiger partial charge on any atom is -0.481 e. The number of hydrogen-bond donors (Lipinski definition) is 0. The number of rotatable bonds is 6. The van der Waals surface area contributed by atoms with Crippen LogP contribution in [0.2, 0.25) is 0 Å². The van der Waals surface area contributed by atoms with Crippen molar-refractivity contribution in [2.75, 3.05) is 25.2 Å². The number of esters is 1. The Kier molecular flexibility index (Phi) is 4.19. The standard InChI is InChI=1S/C13H19N3O3/c1-4-19-11(17)7-16(10-5-6-10)12-9(2)13(18-3)15-8-14-12/h8,10H,4-7H2,1-3H3. The van der Waals surface area contributed by atoms with E-state index >= 15 is 0 Å². The molecule has 1 aromatic rings. The first kappa shape index (κ1) is 13.6. The summed E-state index contributed by atoms with van der Waals surface area (Å²) >= 11 is 0. The van der Waals surface area contributed by atoms with E-state index in [1.54, 1.807) is 14.0 Å². The van der Waals surface area contributed by atoms with E-state index < -0.39 is 0 Å². The second-order valence-corrected chi connectivity index (χ2v) is 4.50. The van der Waals surface area contributed by atoms with Crippen LogP contribution in [-0.2, 0) is 9.53 Å². The largest absolute Gasteiger partial charge is 0.481 e. The van der Waals surface area contributed by atoms with Crippen LogP contribution in [0.1, 0.15) is 25.3 Å². The van der Waals surface area contributed by atoms with Crippen LogP contribution in [0.4, 0.5) is 5.82 Å². The van der Waals surface area contributed by atoms with Crippen molar-refractivity contribution in [3.63, 3.8) is 0 Å². The van der Waals surface area contributed by atoms with Crippen LogP contribution in [-0.4, -0.2) is 42.2 Å². The molecule has 0 aromatic carbocycles. The predicted octanol–water partition coefficient (Wildman–Crippen LogP) is 1.33. The molecule has 0 atom stereocenters. The van der Waals surface area contributed by atoms with E-state index in [9.17, 15) is 4.79 Å². The fraction of sp³-hybridized carbons (Fsp3) is 0.615. The summed E-state index contributed by atoms with van der Waals surface area (Å²) in [5.74, 6) is 1.06. The highest BCUT2D eigenvalue weighted by molar-refractivity contribution is 5.76. The molecular weight excluding hydrogens is 246 g/mol. The first-order chi connectivity index (χ1) is 9.17. The lowest BCUT2D eigenvalue weighted by atomic mass is 10.3. The summed E-state index contributed by atoms with van der Waals surface area (Å²) < 4.78 is 10.2. The molecule has 104 valence electrons. The van der Waals surface area contributed by atoms with Crippen molar-refractivity contribution in [3.05, 3.63) is 11.9 Å². The molecule has 1 aromatic heterocycles. The number of anilines is 1. The summed E-state index contributed by atoms with van der Waals surface area (Å²) in [7, 11) is 1.58. The van der Waals surface area contributed by atoms with Crippen LogP contribution >= 0.6 is 0 Å². The first-order valence-corrected chi connectivity index (χ1v) is 6.45. The van der Waals surface area contributed by atoms with Crippen molar-refractivity contribution < 1.29 is 14.3 Å². The molecule has 0 spiro atoms. The number of hydrogen-bond acceptors (Lipinski definition) is 6. The van der Waals surface area contributed by atoms with Crippen molar-refractivity contribution in [2.24, 2.45) is 0 Å². The highest BCUT2D eigenvalue weighted by atomic mass is 16.5. The summed E-state index contributed by atoms with van der Waals surface area (Å²) in [5, 5.41) is 0. The molecule has 1 fully saturated rings. The van der Waals surface area contributed by atoms with Crippen molar-refractivity contribution in [2.45, 2.75) is 32.7 Å². The predicted molar refractivity (Wildman–Crippen MR) is 70.3 cm³/mol. The normalized spacial score (nSPS) is 14.1. The van der Waals surface area contributed by atoms with Crippen LogP contribution in [0.3, 0.4) is 0 Å². The van der Waals surface area contributed by atoms with Gasteiger partial charge in [0.05, 0.1) is 19.3 Å². The van der Waals surface area contributed by atoms with Gasteiger partial charge in [-0.1, -0.05) is 0 Å². The average Bonchev–Trinajstić information content (AvgIpc) is 3.21. The summed E-state index contributed by atoms with van der Waals surface area (Å²) in [6, 6.07) is 0.364. The highest BCUT2D eigenvalue weighted by Gasteiger charge is 2.33. The summed E-state index contributed by atoms with van der Waals surface area (Å²) in [4.78, 5) is 22.0. The molecule has 0 unspecified atom stereocenters. The SMILES string of the molecule is CCOC(=O)CN(c1ncnc(OC)c1C)C1CC1. The van der Waals surface area contributed by atoms with E-state index in [1.807, 2.05) is 11.8 Å². The molecule has 1 saturated carbocycles.